The minimum Gasteiger partial charge on any atom is -0.497 e. The van der Waals surface area contributed by atoms with Crippen LogP contribution in [-0.4, -0.2) is 30.3 Å². The molecule has 2 heterocycles. The van der Waals surface area contributed by atoms with Gasteiger partial charge in [0.1, 0.15) is 11.5 Å². The highest BCUT2D eigenvalue weighted by Gasteiger charge is 2.21. The van der Waals surface area contributed by atoms with Gasteiger partial charge in [0.05, 0.1) is 25.6 Å². The minimum absolute atomic E-state index is 0. The highest BCUT2D eigenvalue weighted by Crippen LogP contribution is 2.25. The maximum Gasteiger partial charge on any atom is 0.263 e. The summed E-state index contributed by atoms with van der Waals surface area (Å²) >= 11 is 0. The third-order valence-electron chi connectivity index (χ3n) is 5.04. The van der Waals surface area contributed by atoms with E-state index in [1.165, 1.54) is 0 Å². The lowest BCUT2D eigenvalue weighted by Crippen LogP contribution is -2.35. The standard InChI is InChI=1S/C22H24N4O3.2ClH/c1-28-16-9-7-15(8-10-16)13-24-22-25-18-14-23-12-11-17(18)21(27)26(22)19-5-3-4-6-20(19)29-2;;/h3-10,23H,11-14H2,1-2H3,(H,24,25);2*1H. The Morgan fingerprint density at radius 2 is 1.81 bits per heavy atom. The van der Waals surface area contributed by atoms with E-state index >= 15 is 0 Å². The molecule has 1 aliphatic rings. The van der Waals surface area contributed by atoms with Crippen molar-refractivity contribution < 1.29 is 9.47 Å². The van der Waals surface area contributed by atoms with Crippen molar-refractivity contribution in [2.24, 2.45) is 0 Å². The Hall–Kier alpha value is -2.74. The van der Waals surface area contributed by atoms with Crippen LogP contribution in [-0.2, 0) is 19.5 Å². The second kappa shape index (κ2) is 11.0. The number of hydrogen-bond acceptors (Lipinski definition) is 6. The van der Waals surface area contributed by atoms with Gasteiger partial charge in [0, 0.05) is 18.7 Å². The van der Waals surface area contributed by atoms with E-state index in [2.05, 4.69) is 10.6 Å². The quantitative estimate of drug-likeness (QED) is 0.582. The lowest BCUT2D eigenvalue weighted by Gasteiger charge is -2.22. The van der Waals surface area contributed by atoms with Crippen LogP contribution in [0.3, 0.4) is 0 Å². The van der Waals surface area contributed by atoms with E-state index in [-0.39, 0.29) is 30.4 Å². The summed E-state index contributed by atoms with van der Waals surface area (Å²) in [6, 6.07) is 15.3. The number of benzene rings is 2. The first-order chi connectivity index (χ1) is 14.2. The summed E-state index contributed by atoms with van der Waals surface area (Å²) < 4.78 is 12.3. The molecule has 0 amide bonds. The van der Waals surface area contributed by atoms with Crippen molar-refractivity contribution in [3.63, 3.8) is 0 Å². The first kappa shape index (κ1) is 24.5. The molecule has 2 aromatic carbocycles. The van der Waals surface area contributed by atoms with Crippen molar-refractivity contribution in [1.82, 2.24) is 14.9 Å². The average molecular weight is 465 g/mol. The van der Waals surface area contributed by atoms with Gasteiger partial charge in [0.15, 0.2) is 0 Å². The lowest BCUT2D eigenvalue weighted by molar-refractivity contribution is 0.412. The Labute approximate surface area is 193 Å². The monoisotopic (exact) mass is 464 g/mol. The van der Waals surface area contributed by atoms with E-state index in [1.807, 2.05) is 48.5 Å². The molecule has 0 saturated carbocycles. The summed E-state index contributed by atoms with van der Waals surface area (Å²) in [6.45, 7) is 1.89. The van der Waals surface area contributed by atoms with Gasteiger partial charge in [-0.2, -0.15) is 0 Å². The number of anilines is 1. The fourth-order valence-corrected chi connectivity index (χ4v) is 3.50. The minimum atomic E-state index is -0.0572. The molecule has 166 valence electrons. The molecule has 0 radical (unpaired) electrons. The number of methoxy groups -OCH3 is 2. The summed E-state index contributed by atoms with van der Waals surface area (Å²) in [6.07, 6.45) is 0.662. The van der Waals surface area contributed by atoms with Crippen molar-refractivity contribution >= 4 is 30.8 Å². The third-order valence-corrected chi connectivity index (χ3v) is 5.04. The van der Waals surface area contributed by atoms with Crippen molar-refractivity contribution in [2.45, 2.75) is 19.5 Å². The molecule has 7 nitrogen and oxygen atoms in total. The van der Waals surface area contributed by atoms with Crippen LogP contribution >= 0.6 is 24.8 Å². The molecule has 9 heteroatoms. The fourth-order valence-electron chi connectivity index (χ4n) is 3.50. The van der Waals surface area contributed by atoms with Crippen LogP contribution in [0.1, 0.15) is 16.8 Å². The van der Waals surface area contributed by atoms with E-state index in [0.717, 1.165) is 29.1 Å². The summed E-state index contributed by atoms with van der Waals surface area (Å²) in [5.74, 6) is 1.92. The van der Waals surface area contributed by atoms with Crippen LogP contribution in [0.4, 0.5) is 5.95 Å². The molecule has 1 aliphatic heterocycles. The van der Waals surface area contributed by atoms with Gasteiger partial charge in [-0.3, -0.25) is 4.79 Å². The molecule has 0 fully saturated rings. The van der Waals surface area contributed by atoms with Crippen LogP contribution in [0.5, 0.6) is 11.5 Å². The van der Waals surface area contributed by atoms with Gasteiger partial charge in [0.25, 0.3) is 5.56 Å². The molecule has 0 bridgehead atoms. The normalized spacial score (nSPS) is 12.1. The number of nitrogens with zero attached hydrogens (tertiary/aromatic N) is 2. The zero-order chi connectivity index (χ0) is 20.2. The molecular weight excluding hydrogens is 439 g/mol. The highest BCUT2D eigenvalue weighted by molar-refractivity contribution is 5.85. The summed E-state index contributed by atoms with van der Waals surface area (Å²) in [5.41, 5.74) is 3.22. The van der Waals surface area contributed by atoms with Crippen LogP contribution < -0.4 is 25.7 Å². The smallest absolute Gasteiger partial charge is 0.263 e. The van der Waals surface area contributed by atoms with E-state index in [1.54, 1.807) is 18.8 Å². The topological polar surface area (TPSA) is 77.4 Å². The maximum atomic E-state index is 13.4. The number of halogens is 2. The zero-order valence-electron chi connectivity index (χ0n) is 17.4. The van der Waals surface area contributed by atoms with Crippen molar-refractivity contribution in [3.8, 4) is 17.2 Å². The molecule has 0 aliphatic carbocycles. The van der Waals surface area contributed by atoms with E-state index in [4.69, 9.17) is 14.5 Å². The second-order valence-electron chi connectivity index (χ2n) is 6.80. The van der Waals surface area contributed by atoms with Crippen LogP contribution in [0, 0.1) is 0 Å². The SMILES string of the molecule is COc1ccc(CNc2nc3c(c(=O)n2-c2ccccc2OC)CCNC3)cc1.Cl.Cl. The zero-order valence-corrected chi connectivity index (χ0v) is 19.0. The summed E-state index contributed by atoms with van der Waals surface area (Å²) in [7, 11) is 3.24. The van der Waals surface area contributed by atoms with Gasteiger partial charge < -0.3 is 20.1 Å². The number of aromatic nitrogens is 2. The van der Waals surface area contributed by atoms with E-state index < -0.39 is 0 Å². The van der Waals surface area contributed by atoms with Gasteiger partial charge in [-0.1, -0.05) is 24.3 Å². The predicted octanol–water partition coefficient (Wildman–Crippen LogP) is 3.35. The Morgan fingerprint density at radius 1 is 1.06 bits per heavy atom. The summed E-state index contributed by atoms with van der Waals surface area (Å²) in [5, 5.41) is 6.62. The number of nitrogens with one attached hydrogen (secondary N) is 2. The molecule has 0 atom stereocenters. The molecule has 4 rings (SSSR count). The largest absolute Gasteiger partial charge is 0.497 e. The van der Waals surface area contributed by atoms with E-state index in [0.29, 0.717) is 36.9 Å². The number of para-hydroxylation sites is 2. The van der Waals surface area contributed by atoms with Crippen LogP contribution in [0.15, 0.2) is 53.3 Å². The predicted molar refractivity (Wildman–Crippen MR) is 127 cm³/mol. The lowest BCUT2D eigenvalue weighted by atomic mass is 10.1. The molecule has 0 spiro atoms. The van der Waals surface area contributed by atoms with E-state index in [9.17, 15) is 4.79 Å². The maximum absolute atomic E-state index is 13.4. The Kier molecular flexibility index (Phi) is 8.74. The first-order valence-electron chi connectivity index (χ1n) is 9.57. The second-order valence-corrected chi connectivity index (χ2v) is 6.80. The fraction of sp³-hybridized carbons (Fsp3) is 0.273. The first-order valence-corrected chi connectivity index (χ1v) is 9.57. The highest BCUT2D eigenvalue weighted by atomic mass is 35.5. The Bertz CT molecular complexity index is 1070. The number of hydrogen-bond donors (Lipinski definition) is 2. The van der Waals surface area contributed by atoms with Gasteiger partial charge in [-0.25, -0.2) is 9.55 Å². The van der Waals surface area contributed by atoms with Crippen LogP contribution in [0.25, 0.3) is 5.69 Å². The average Bonchev–Trinajstić information content (AvgIpc) is 2.78. The number of rotatable bonds is 6. The molecule has 1 aromatic heterocycles. The van der Waals surface area contributed by atoms with Crippen LogP contribution in [0.2, 0.25) is 0 Å². The molecule has 31 heavy (non-hydrogen) atoms. The molecule has 3 aromatic rings. The molecule has 0 unspecified atom stereocenters. The van der Waals surface area contributed by atoms with Gasteiger partial charge in [-0.05, 0) is 42.8 Å². The number of fused-ring (bicyclic) bond motifs is 1. The van der Waals surface area contributed by atoms with Crippen molar-refractivity contribution in [2.75, 3.05) is 26.1 Å². The van der Waals surface area contributed by atoms with Crippen molar-refractivity contribution in [3.05, 3.63) is 75.7 Å². The van der Waals surface area contributed by atoms with Crippen molar-refractivity contribution in [1.29, 1.82) is 0 Å². The molecule has 2 N–H and O–H groups in total. The number of ether oxygens (including phenoxy) is 2. The molecular formula is C22H26Cl2N4O3. The van der Waals surface area contributed by atoms with Gasteiger partial charge in [-0.15, -0.1) is 24.8 Å². The van der Waals surface area contributed by atoms with Gasteiger partial charge >= 0.3 is 0 Å². The Balaban J connectivity index is 0.00000171. The van der Waals surface area contributed by atoms with Gasteiger partial charge in [0.2, 0.25) is 5.95 Å². The Morgan fingerprint density at radius 3 is 2.52 bits per heavy atom. The molecule has 0 saturated heterocycles. The third kappa shape index (κ3) is 5.12. The summed E-state index contributed by atoms with van der Waals surface area (Å²) in [4.78, 5) is 18.2.